The maximum absolute atomic E-state index is 12.3. The van der Waals surface area contributed by atoms with Crippen molar-refractivity contribution >= 4 is 23.3 Å². The molecule has 29 heavy (non-hydrogen) atoms. The molecule has 148 valence electrons. The predicted octanol–water partition coefficient (Wildman–Crippen LogP) is 3.48. The number of non-ortho nitro benzene ring substituents is 1. The first-order valence-corrected chi connectivity index (χ1v) is 8.72. The summed E-state index contributed by atoms with van der Waals surface area (Å²) < 4.78 is 5.16. The van der Waals surface area contributed by atoms with E-state index in [0.717, 1.165) is 11.1 Å². The number of benzene rings is 2. The van der Waals surface area contributed by atoms with Crippen molar-refractivity contribution in [3.8, 4) is 11.3 Å². The van der Waals surface area contributed by atoms with Crippen molar-refractivity contribution in [1.82, 2.24) is 10.2 Å². The highest BCUT2D eigenvalue weighted by atomic mass is 16.6. The van der Waals surface area contributed by atoms with Crippen LogP contribution in [0.5, 0.6) is 0 Å². The Morgan fingerprint density at radius 1 is 1.17 bits per heavy atom. The lowest BCUT2D eigenvalue weighted by Gasteiger charge is -2.12. The Hall–Kier alpha value is -4.01. The van der Waals surface area contributed by atoms with Crippen LogP contribution in [0.3, 0.4) is 0 Å². The van der Waals surface area contributed by atoms with E-state index >= 15 is 0 Å². The zero-order valence-corrected chi connectivity index (χ0v) is 15.7. The van der Waals surface area contributed by atoms with Crippen LogP contribution in [0.1, 0.15) is 23.0 Å². The van der Waals surface area contributed by atoms with Crippen molar-refractivity contribution in [2.24, 2.45) is 0 Å². The summed E-state index contributed by atoms with van der Waals surface area (Å²) in [6.45, 7) is 3.37. The Bertz CT molecular complexity index is 1060. The quantitative estimate of drug-likeness (QED) is 0.374. The van der Waals surface area contributed by atoms with Crippen molar-refractivity contribution < 1.29 is 19.2 Å². The SMILES string of the molecule is Cc1ccc(-c2cc(C(=O)O[C@@H](C)C(=O)Nc3cccc([N+](=O)[O-])c3)[nH]n2)cc1. The number of H-pyrrole nitrogens is 1. The van der Waals surface area contributed by atoms with Crippen molar-refractivity contribution in [3.63, 3.8) is 0 Å². The van der Waals surface area contributed by atoms with Gasteiger partial charge in [0.05, 0.1) is 10.6 Å². The average molecular weight is 394 g/mol. The van der Waals surface area contributed by atoms with Crippen LogP contribution in [-0.4, -0.2) is 33.1 Å². The van der Waals surface area contributed by atoms with E-state index in [4.69, 9.17) is 4.74 Å². The highest BCUT2D eigenvalue weighted by molar-refractivity contribution is 5.97. The van der Waals surface area contributed by atoms with Crippen LogP contribution >= 0.6 is 0 Å². The van der Waals surface area contributed by atoms with Gasteiger partial charge in [-0.1, -0.05) is 35.9 Å². The molecule has 0 spiro atoms. The van der Waals surface area contributed by atoms with Gasteiger partial charge in [-0.05, 0) is 26.0 Å². The molecule has 0 fully saturated rings. The first-order valence-electron chi connectivity index (χ1n) is 8.72. The number of aromatic nitrogens is 2. The maximum atomic E-state index is 12.3. The molecule has 1 amide bonds. The van der Waals surface area contributed by atoms with Crippen molar-refractivity contribution in [3.05, 3.63) is 76.0 Å². The first kappa shape index (κ1) is 19.7. The van der Waals surface area contributed by atoms with E-state index in [-0.39, 0.29) is 17.1 Å². The zero-order valence-electron chi connectivity index (χ0n) is 15.7. The summed E-state index contributed by atoms with van der Waals surface area (Å²) in [4.78, 5) is 34.8. The molecule has 9 heteroatoms. The summed E-state index contributed by atoms with van der Waals surface area (Å²) in [5.74, 6) is -1.35. The molecular weight excluding hydrogens is 376 g/mol. The molecule has 0 saturated heterocycles. The van der Waals surface area contributed by atoms with E-state index in [1.807, 2.05) is 31.2 Å². The number of ether oxygens (including phenoxy) is 1. The number of hydrogen-bond donors (Lipinski definition) is 2. The van der Waals surface area contributed by atoms with Crippen LogP contribution in [0.15, 0.2) is 54.6 Å². The second-order valence-electron chi connectivity index (χ2n) is 6.38. The smallest absolute Gasteiger partial charge is 0.357 e. The molecule has 0 unspecified atom stereocenters. The Kier molecular flexibility index (Phi) is 5.68. The molecule has 2 aromatic carbocycles. The third kappa shape index (κ3) is 4.83. The summed E-state index contributed by atoms with van der Waals surface area (Å²) >= 11 is 0. The van der Waals surface area contributed by atoms with Gasteiger partial charge >= 0.3 is 5.97 Å². The Labute approximate surface area is 165 Å². The zero-order chi connectivity index (χ0) is 21.0. The van der Waals surface area contributed by atoms with Gasteiger partial charge in [-0.2, -0.15) is 5.10 Å². The largest absolute Gasteiger partial charge is 0.448 e. The minimum Gasteiger partial charge on any atom is -0.448 e. The van der Waals surface area contributed by atoms with Crippen LogP contribution < -0.4 is 5.32 Å². The topological polar surface area (TPSA) is 127 Å². The lowest BCUT2D eigenvalue weighted by molar-refractivity contribution is -0.384. The van der Waals surface area contributed by atoms with Crippen LogP contribution in [0.4, 0.5) is 11.4 Å². The molecule has 0 saturated carbocycles. The Balaban J connectivity index is 1.63. The second kappa shape index (κ2) is 8.34. The predicted molar refractivity (Wildman–Crippen MR) is 105 cm³/mol. The fourth-order valence-corrected chi connectivity index (χ4v) is 2.52. The molecule has 2 N–H and O–H groups in total. The van der Waals surface area contributed by atoms with E-state index in [0.29, 0.717) is 5.69 Å². The van der Waals surface area contributed by atoms with E-state index in [9.17, 15) is 19.7 Å². The number of nitrogens with zero attached hydrogens (tertiary/aromatic N) is 2. The van der Waals surface area contributed by atoms with Crippen LogP contribution in [0.25, 0.3) is 11.3 Å². The van der Waals surface area contributed by atoms with Gasteiger partial charge in [0.15, 0.2) is 6.10 Å². The average Bonchev–Trinajstić information content (AvgIpc) is 3.19. The molecular formula is C20H18N4O5. The van der Waals surface area contributed by atoms with E-state index in [2.05, 4.69) is 15.5 Å². The fourth-order valence-electron chi connectivity index (χ4n) is 2.52. The molecule has 0 radical (unpaired) electrons. The van der Waals surface area contributed by atoms with Gasteiger partial charge in [0.1, 0.15) is 5.69 Å². The van der Waals surface area contributed by atoms with Gasteiger partial charge in [-0.25, -0.2) is 4.79 Å². The summed E-state index contributed by atoms with van der Waals surface area (Å²) in [6, 6.07) is 14.6. The van der Waals surface area contributed by atoms with Crippen LogP contribution in [0.2, 0.25) is 0 Å². The Morgan fingerprint density at radius 2 is 1.90 bits per heavy atom. The van der Waals surface area contributed by atoms with Gasteiger partial charge in [0.2, 0.25) is 0 Å². The number of nitro groups is 1. The third-order valence-corrected chi connectivity index (χ3v) is 4.12. The molecule has 0 bridgehead atoms. The molecule has 3 aromatic rings. The standard InChI is InChI=1S/C20H18N4O5/c1-12-6-8-14(9-7-12)17-11-18(23-22-17)20(26)29-13(2)19(25)21-15-4-3-5-16(10-15)24(27)28/h3-11,13H,1-2H3,(H,21,25)(H,22,23)/t13-/m0/s1. The molecule has 1 heterocycles. The summed E-state index contributed by atoms with van der Waals surface area (Å²) in [5.41, 5.74) is 2.69. The highest BCUT2D eigenvalue weighted by Gasteiger charge is 2.21. The summed E-state index contributed by atoms with van der Waals surface area (Å²) in [7, 11) is 0. The third-order valence-electron chi connectivity index (χ3n) is 4.12. The lowest BCUT2D eigenvalue weighted by Crippen LogP contribution is -2.30. The van der Waals surface area contributed by atoms with Crippen LogP contribution in [0, 0.1) is 17.0 Å². The van der Waals surface area contributed by atoms with E-state index in [1.165, 1.54) is 37.3 Å². The van der Waals surface area contributed by atoms with Crippen molar-refractivity contribution in [2.75, 3.05) is 5.32 Å². The van der Waals surface area contributed by atoms with Gasteiger partial charge in [-0.3, -0.25) is 20.0 Å². The fraction of sp³-hybridized carbons (Fsp3) is 0.150. The van der Waals surface area contributed by atoms with Crippen LogP contribution in [-0.2, 0) is 9.53 Å². The number of nitro benzene ring substituents is 1. The van der Waals surface area contributed by atoms with Crippen molar-refractivity contribution in [2.45, 2.75) is 20.0 Å². The lowest BCUT2D eigenvalue weighted by atomic mass is 10.1. The molecule has 0 aliphatic heterocycles. The molecule has 1 atom stereocenters. The molecule has 0 aliphatic carbocycles. The minimum atomic E-state index is -1.12. The summed E-state index contributed by atoms with van der Waals surface area (Å²) in [5, 5.41) is 20.0. The maximum Gasteiger partial charge on any atom is 0.357 e. The van der Waals surface area contributed by atoms with Gasteiger partial charge < -0.3 is 10.1 Å². The second-order valence-corrected chi connectivity index (χ2v) is 6.38. The molecule has 0 aliphatic rings. The number of anilines is 1. The Morgan fingerprint density at radius 3 is 2.59 bits per heavy atom. The molecule has 9 nitrogen and oxygen atoms in total. The molecule has 3 rings (SSSR count). The number of amides is 1. The number of esters is 1. The number of carbonyl (C=O) groups excluding carboxylic acids is 2. The minimum absolute atomic E-state index is 0.107. The number of aryl methyl sites for hydroxylation is 1. The number of rotatable bonds is 6. The normalized spacial score (nSPS) is 11.5. The summed E-state index contributed by atoms with van der Waals surface area (Å²) in [6.07, 6.45) is -1.12. The number of hydrogen-bond acceptors (Lipinski definition) is 6. The number of nitrogens with one attached hydrogen (secondary N) is 2. The van der Waals surface area contributed by atoms with E-state index in [1.54, 1.807) is 0 Å². The van der Waals surface area contributed by atoms with Crippen molar-refractivity contribution in [1.29, 1.82) is 0 Å². The monoisotopic (exact) mass is 394 g/mol. The number of carbonyl (C=O) groups is 2. The van der Waals surface area contributed by atoms with Gasteiger partial charge in [0, 0.05) is 23.4 Å². The van der Waals surface area contributed by atoms with E-state index < -0.39 is 22.9 Å². The van der Waals surface area contributed by atoms with Gasteiger partial charge in [0.25, 0.3) is 11.6 Å². The molecule has 1 aromatic heterocycles. The number of aromatic amines is 1. The van der Waals surface area contributed by atoms with Gasteiger partial charge in [-0.15, -0.1) is 0 Å². The first-order chi connectivity index (χ1) is 13.8. The highest BCUT2D eigenvalue weighted by Crippen LogP contribution is 2.20.